The van der Waals surface area contributed by atoms with E-state index in [0.29, 0.717) is 23.1 Å². The first kappa shape index (κ1) is 17.2. The molecule has 1 heterocycles. The average molecular weight is 362 g/mol. The monoisotopic (exact) mass is 361 g/mol. The van der Waals surface area contributed by atoms with Crippen LogP contribution >= 0.6 is 11.6 Å². The van der Waals surface area contributed by atoms with Crippen LogP contribution in [0.2, 0.25) is 5.02 Å². The number of rotatable bonds is 6. The van der Waals surface area contributed by atoms with Crippen molar-refractivity contribution in [1.82, 2.24) is 9.97 Å². The maximum absolute atomic E-state index is 11.3. The Hall–Kier alpha value is -2.60. The van der Waals surface area contributed by atoms with Gasteiger partial charge in [-0.05, 0) is 43.7 Å². The summed E-state index contributed by atoms with van der Waals surface area (Å²) in [6.07, 6.45) is 0.0316. The van der Waals surface area contributed by atoms with Crippen molar-refractivity contribution < 1.29 is 9.47 Å². The Morgan fingerprint density at radius 2 is 1.88 bits per heavy atom. The Morgan fingerprint density at radius 3 is 2.60 bits per heavy atom. The van der Waals surface area contributed by atoms with Crippen LogP contribution in [-0.4, -0.2) is 23.2 Å². The number of aromatic nitrogens is 2. The molecule has 0 amide bonds. The number of aromatic amines is 2. The van der Waals surface area contributed by atoms with Crippen molar-refractivity contribution in [2.24, 2.45) is 0 Å². The van der Waals surface area contributed by atoms with Gasteiger partial charge < -0.3 is 24.8 Å². The SMILES string of the molecule is COc1cc(CNc2ccc3[nH]c(=O)[nH]c3c2)c(Cl)cc1OC(C)C. The first-order valence-electron chi connectivity index (χ1n) is 7.95. The number of fused-ring (bicyclic) bond motifs is 1. The van der Waals surface area contributed by atoms with Gasteiger partial charge >= 0.3 is 5.69 Å². The van der Waals surface area contributed by atoms with E-state index in [1.54, 1.807) is 13.2 Å². The second kappa shape index (κ2) is 7.11. The van der Waals surface area contributed by atoms with Gasteiger partial charge in [-0.15, -0.1) is 0 Å². The lowest BCUT2D eigenvalue weighted by atomic mass is 10.2. The summed E-state index contributed by atoms with van der Waals surface area (Å²) in [4.78, 5) is 16.8. The number of benzene rings is 2. The van der Waals surface area contributed by atoms with E-state index in [4.69, 9.17) is 21.1 Å². The molecule has 3 N–H and O–H groups in total. The van der Waals surface area contributed by atoms with Crippen molar-refractivity contribution in [3.05, 3.63) is 51.4 Å². The molecule has 2 aromatic carbocycles. The third-order valence-electron chi connectivity index (χ3n) is 3.69. The standard InChI is InChI=1S/C18H20ClN3O3/c1-10(2)25-17-8-13(19)11(6-16(17)24-3)9-20-12-4-5-14-15(7-12)22-18(23)21-14/h4-8,10,20H,9H2,1-3H3,(H2,21,22,23). The van der Waals surface area contributed by atoms with Crippen LogP contribution in [0.3, 0.4) is 0 Å². The molecule has 0 spiro atoms. The van der Waals surface area contributed by atoms with Gasteiger partial charge in [0.2, 0.25) is 0 Å². The van der Waals surface area contributed by atoms with Crippen LogP contribution in [-0.2, 0) is 6.54 Å². The molecular weight excluding hydrogens is 342 g/mol. The minimum absolute atomic E-state index is 0.0316. The molecule has 0 aliphatic heterocycles. The Bertz CT molecular complexity index is 946. The first-order valence-corrected chi connectivity index (χ1v) is 8.33. The number of hydrogen-bond donors (Lipinski definition) is 3. The lowest BCUT2D eigenvalue weighted by molar-refractivity contribution is 0.230. The lowest BCUT2D eigenvalue weighted by Gasteiger charge is -2.16. The zero-order chi connectivity index (χ0) is 18.0. The second-order valence-corrected chi connectivity index (χ2v) is 6.36. The predicted molar refractivity (Wildman–Crippen MR) is 100 cm³/mol. The van der Waals surface area contributed by atoms with Gasteiger partial charge in [-0.1, -0.05) is 11.6 Å². The number of imidazole rings is 1. The van der Waals surface area contributed by atoms with Crippen molar-refractivity contribution >= 4 is 28.3 Å². The fourth-order valence-electron chi connectivity index (χ4n) is 2.56. The van der Waals surface area contributed by atoms with E-state index in [1.807, 2.05) is 38.1 Å². The normalized spacial score (nSPS) is 11.1. The number of methoxy groups -OCH3 is 1. The van der Waals surface area contributed by atoms with Crippen molar-refractivity contribution in [3.63, 3.8) is 0 Å². The number of halogens is 1. The molecule has 1 aromatic heterocycles. The van der Waals surface area contributed by atoms with E-state index in [2.05, 4.69) is 15.3 Å². The van der Waals surface area contributed by atoms with Crippen molar-refractivity contribution in [3.8, 4) is 11.5 Å². The Morgan fingerprint density at radius 1 is 1.12 bits per heavy atom. The van der Waals surface area contributed by atoms with Crippen LogP contribution in [0, 0.1) is 0 Å². The Labute approximate surface area is 150 Å². The molecule has 0 aliphatic carbocycles. The van der Waals surface area contributed by atoms with Crippen LogP contribution in [0.5, 0.6) is 11.5 Å². The zero-order valence-corrected chi connectivity index (χ0v) is 15.0. The molecule has 7 heteroatoms. The van der Waals surface area contributed by atoms with Gasteiger partial charge in [0.1, 0.15) is 0 Å². The molecule has 0 atom stereocenters. The summed E-state index contributed by atoms with van der Waals surface area (Å²) in [5, 5.41) is 3.90. The van der Waals surface area contributed by atoms with Crippen molar-refractivity contribution in [1.29, 1.82) is 0 Å². The largest absolute Gasteiger partial charge is 0.493 e. The first-order chi connectivity index (χ1) is 12.0. The van der Waals surface area contributed by atoms with E-state index in [-0.39, 0.29) is 11.8 Å². The summed E-state index contributed by atoms with van der Waals surface area (Å²) in [6, 6.07) is 9.24. The molecule has 0 bridgehead atoms. The van der Waals surface area contributed by atoms with Crippen LogP contribution in [0.25, 0.3) is 11.0 Å². The van der Waals surface area contributed by atoms with E-state index in [0.717, 1.165) is 22.3 Å². The molecule has 25 heavy (non-hydrogen) atoms. The quantitative estimate of drug-likeness (QED) is 0.621. The van der Waals surface area contributed by atoms with Gasteiger partial charge in [-0.2, -0.15) is 0 Å². The van der Waals surface area contributed by atoms with Crippen LogP contribution < -0.4 is 20.5 Å². The fraction of sp³-hybridized carbons (Fsp3) is 0.278. The van der Waals surface area contributed by atoms with Crippen LogP contribution in [0.4, 0.5) is 5.69 Å². The highest BCUT2D eigenvalue weighted by molar-refractivity contribution is 6.31. The highest BCUT2D eigenvalue weighted by Crippen LogP contribution is 2.34. The van der Waals surface area contributed by atoms with E-state index in [9.17, 15) is 4.79 Å². The molecule has 0 radical (unpaired) electrons. The smallest absolute Gasteiger partial charge is 0.323 e. The van der Waals surface area contributed by atoms with E-state index in [1.165, 1.54) is 0 Å². The summed E-state index contributed by atoms with van der Waals surface area (Å²) < 4.78 is 11.1. The van der Waals surface area contributed by atoms with Gasteiger partial charge in [0.05, 0.1) is 24.2 Å². The van der Waals surface area contributed by atoms with Gasteiger partial charge in [0.25, 0.3) is 0 Å². The maximum Gasteiger partial charge on any atom is 0.323 e. The van der Waals surface area contributed by atoms with E-state index >= 15 is 0 Å². The summed E-state index contributed by atoms with van der Waals surface area (Å²) in [6.45, 7) is 4.41. The zero-order valence-electron chi connectivity index (χ0n) is 14.3. The van der Waals surface area contributed by atoms with Crippen molar-refractivity contribution in [2.45, 2.75) is 26.5 Å². The molecule has 0 unspecified atom stereocenters. The molecule has 0 saturated heterocycles. The molecule has 3 rings (SSSR count). The highest BCUT2D eigenvalue weighted by atomic mass is 35.5. The molecular formula is C18H20ClN3O3. The van der Waals surface area contributed by atoms with Gasteiger partial charge in [0, 0.05) is 23.3 Å². The summed E-state index contributed by atoms with van der Waals surface area (Å²) in [7, 11) is 1.60. The number of H-pyrrole nitrogens is 2. The van der Waals surface area contributed by atoms with E-state index < -0.39 is 0 Å². The lowest BCUT2D eigenvalue weighted by Crippen LogP contribution is -2.08. The minimum atomic E-state index is -0.222. The van der Waals surface area contributed by atoms with Crippen LogP contribution in [0.15, 0.2) is 35.1 Å². The second-order valence-electron chi connectivity index (χ2n) is 5.95. The fourth-order valence-corrected chi connectivity index (χ4v) is 2.78. The number of hydrogen-bond acceptors (Lipinski definition) is 4. The minimum Gasteiger partial charge on any atom is -0.493 e. The summed E-state index contributed by atoms with van der Waals surface area (Å²) >= 11 is 6.38. The van der Waals surface area contributed by atoms with Crippen molar-refractivity contribution in [2.75, 3.05) is 12.4 Å². The maximum atomic E-state index is 11.3. The topological polar surface area (TPSA) is 79.1 Å². The average Bonchev–Trinajstić information content (AvgIpc) is 2.92. The van der Waals surface area contributed by atoms with Gasteiger partial charge in [-0.25, -0.2) is 4.79 Å². The molecule has 132 valence electrons. The van der Waals surface area contributed by atoms with Gasteiger partial charge in [-0.3, -0.25) is 0 Å². The predicted octanol–water partition coefficient (Wildman–Crippen LogP) is 3.92. The molecule has 0 fully saturated rings. The summed E-state index contributed by atoms with van der Waals surface area (Å²) in [5.41, 5.74) is 3.06. The number of anilines is 1. The molecule has 6 nitrogen and oxygen atoms in total. The third-order valence-corrected chi connectivity index (χ3v) is 4.05. The third kappa shape index (κ3) is 3.91. The Kier molecular flexibility index (Phi) is 4.90. The van der Waals surface area contributed by atoms with Crippen LogP contribution in [0.1, 0.15) is 19.4 Å². The number of nitrogens with one attached hydrogen (secondary N) is 3. The molecule has 0 aliphatic rings. The molecule has 3 aromatic rings. The Balaban J connectivity index is 1.80. The number of ether oxygens (including phenoxy) is 2. The highest BCUT2D eigenvalue weighted by Gasteiger charge is 2.12. The molecule has 0 saturated carbocycles. The summed E-state index contributed by atoms with van der Waals surface area (Å²) in [5.74, 6) is 1.26. The van der Waals surface area contributed by atoms with Gasteiger partial charge in [0.15, 0.2) is 11.5 Å².